The second-order valence-corrected chi connectivity index (χ2v) is 7.59. The first kappa shape index (κ1) is 21.4. The summed E-state index contributed by atoms with van der Waals surface area (Å²) in [5, 5.41) is 3.34. The van der Waals surface area contributed by atoms with Gasteiger partial charge in [0.15, 0.2) is 0 Å². The third-order valence-electron chi connectivity index (χ3n) is 5.42. The van der Waals surface area contributed by atoms with E-state index in [-0.39, 0.29) is 5.97 Å². The average molecular weight is 405 g/mol. The van der Waals surface area contributed by atoms with Crippen molar-refractivity contribution in [3.63, 3.8) is 0 Å². The lowest BCUT2D eigenvalue weighted by Crippen LogP contribution is -2.33. The fourth-order valence-electron chi connectivity index (χ4n) is 3.82. The monoisotopic (exact) mass is 405 g/mol. The first-order valence-corrected chi connectivity index (χ1v) is 9.84. The van der Waals surface area contributed by atoms with Gasteiger partial charge in [-0.2, -0.15) is 0 Å². The molecule has 0 aromatic heterocycles. The summed E-state index contributed by atoms with van der Waals surface area (Å²) in [6.45, 7) is 5.89. The smallest absolute Gasteiger partial charge is 0.336 e. The number of methoxy groups -OCH3 is 2. The topological polar surface area (TPSA) is 64.6 Å². The van der Waals surface area contributed by atoms with E-state index in [2.05, 4.69) is 5.32 Å². The Kier molecular flexibility index (Phi) is 6.40. The Balaban J connectivity index is 2.19. The summed E-state index contributed by atoms with van der Waals surface area (Å²) in [5.74, 6) is -2.00. The van der Waals surface area contributed by atoms with Gasteiger partial charge in [0, 0.05) is 17.3 Å². The maximum absolute atomic E-state index is 12.9. The number of anilines is 1. The zero-order valence-electron chi connectivity index (χ0n) is 18.0. The highest BCUT2D eigenvalue weighted by Gasteiger charge is 2.41. The van der Waals surface area contributed by atoms with Gasteiger partial charge in [0.1, 0.15) is 0 Å². The van der Waals surface area contributed by atoms with Gasteiger partial charge in [-0.15, -0.1) is 0 Å². The Morgan fingerprint density at radius 3 is 1.93 bits per heavy atom. The maximum Gasteiger partial charge on any atom is 0.336 e. The van der Waals surface area contributed by atoms with E-state index in [9.17, 15) is 9.59 Å². The molecule has 1 N–H and O–H groups in total. The van der Waals surface area contributed by atoms with Crippen molar-refractivity contribution in [2.24, 2.45) is 5.92 Å². The van der Waals surface area contributed by atoms with E-state index in [0.717, 1.165) is 28.0 Å². The predicted molar refractivity (Wildman–Crippen MR) is 117 cm³/mol. The molecular formula is C25H27NO4. The van der Waals surface area contributed by atoms with Gasteiger partial charge in [-0.05, 0) is 44.5 Å². The number of ether oxygens (including phenoxy) is 2. The zero-order valence-corrected chi connectivity index (χ0v) is 18.0. The second-order valence-electron chi connectivity index (χ2n) is 7.59. The van der Waals surface area contributed by atoms with Crippen molar-refractivity contribution in [1.82, 2.24) is 0 Å². The third-order valence-corrected chi connectivity index (χ3v) is 5.42. The van der Waals surface area contributed by atoms with Gasteiger partial charge in [-0.3, -0.25) is 4.79 Å². The summed E-state index contributed by atoms with van der Waals surface area (Å²) in [6.07, 6.45) is 1.83. The summed E-state index contributed by atoms with van der Waals surface area (Å²) in [5.41, 5.74) is 5.78. The van der Waals surface area contributed by atoms with Crippen molar-refractivity contribution in [3.05, 3.63) is 88.1 Å². The number of carbonyl (C=O) groups is 2. The molecule has 3 rings (SSSR count). The van der Waals surface area contributed by atoms with Crippen LogP contribution in [-0.4, -0.2) is 26.2 Å². The zero-order chi connectivity index (χ0) is 21.8. The molecular weight excluding hydrogens is 378 g/mol. The van der Waals surface area contributed by atoms with Crippen LogP contribution in [0.5, 0.6) is 0 Å². The van der Waals surface area contributed by atoms with E-state index < -0.39 is 17.8 Å². The summed E-state index contributed by atoms with van der Waals surface area (Å²) < 4.78 is 10.2. The third kappa shape index (κ3) is 4.30. The molecule has 0 amide bonds. The first-order chi connectivity index (χ1) is 14.3. The highest BCUT2D eigenvalue weighted by Crippen LogP contribution is 2.43. The molecule has 0 aliphatic heterocycles. The van der Waals surface area contributed by atoms with Gasteiger partial charge in [0.05, 0.1) is 25.7 Å². The molecule has 0 radical (unpaired) electrons. The van der Waals surface area contributed by atoms with E-state index in [1.54, 1.807) is 0 Å². The quantitative estimate of drug-likeness (QED) is 0.732. The van der Waals surface area contributed by atoms with Gasteiger partial charge >= 0.3 is 11.9 Å². The van der Waals surface area contributed by atoms with Gasteiger partial charge in [-0.25, -0.2) is 4.79 Å². The fraction of sp³-hybridized carbons (Fsp3) is 0.280. The molecule has 5 heteroatoms. The minimum atomic E-state index is -0.615. The Bertz CT molecular complexity index is 1000. The van der Waals surface area contributed by atoms with E-state index in [1.165, 1.54) is 14.2 Å². The Morgan fingerprint density at radius 2 is 1.40 bits per heavy atom. The summed E-state index contributed by atoms with van der Waals surface area (Å²) >= 11 is 0. The van der Waals surface area contributed by atoms with Crippen LogP contribution < -0.4 is 5.32 Å². The van der Waals surface area contributed by atoms with Crippen LogP contribution in [0, 0.1) is 19.8 Å². The number of benzene rings is 2. The Labute approximate surface area is 177 Å². The number of hydrogen-bond donors (Lipinski definition) is 1. The molecule has 2 atom stereocenters. The van der Waals surface area contributed by atoms with Gasteiger partial charge < -0.3 is 14.8 Å². The first-order valence-electron chi connectivity index (χ1n) is 9.84. The number of aryl methyl sites for hydroxylation is 2. The van der Waals surface area contributed by atoms with Crippen LogP contribution in [-0.2, 0) is 19.1 Å². The molecule has 0 bridgehead atoms. The van der Waals surface area contributed by atoms with Crippen LogP contribution in [0.15, 0.2) is 71.5 Å². The predicted octanol–water partition coefficient (Wildman–Crippen LogP) is 4.68. The van der Waals surface area contributed by atoms with Gasteiger partial charge in [-0.1, -0.05) is 53.1 Å². The number of rotatable bonds is 5. The second kappa shape index (κ2) is 8.99. The average Bonchev–Trinajstić information content (AvgIpc) is 2.74. The molecule has 0 heterocycles. The van der Waals surface area contributed by atoms with Crippen molar-refractivity contribution in [2.75, 3.05) is 19.5 Å². The van der Waals surface area contributed by atoms with Crippen molar-refractivity contribution in [3.8, 4) is 0 Å². The fourth-order valence-corrected chi connectivity index (χ4v) is 3.82. The molecule has 0 fully saturated rings. The molecule has 2 unspecified atom stereocenters. The van der Waals surface area contributed by atoms with Crippen LogP contribution in [0.2, 0.25) is 0 Å². The van der Waals surface area contributed by atoms with Crippen LogP contribution >= 0.6 is 0 Å². The summed E-state index contributed by atoms with van der Waals surface area (Å²) in [7, 11) is 2.72. The molecule has 0 saturated heterocycles. The minimum absolute atomic E-state index is 0.384. The summed E-state index contributed by atoms with van der Waals surface area (Å²) in [4.78, 5) is 25.7. The van der Waals surface area contributed by atoms with Gasteiger partial charge in [0.25, 0.3) is 0 Å². The molecule has 156 valence electrons. The molecule has 1 aliphatic carbocycles. The highest BCUT2D eigenvalue weighted by molar-refractivity contribution is 5.95. The van der Waals surface area contributed by atoms with Crippen LogP contribution in [0.25, 0.3) is 0 Å². The van der Waals surface area contributed by atoms with Gasteiger partial charge in [0.2, 0.25) is 0 Å². The molecule has 5 nitrogen and oxygen atoms in total. The normalized spacial score (nSPS) is 18.5. The SMILES string of the molecule is COC(=O)C1=C(Nc2ccc(C)cc2)C=C(C)C(C(=O)OC)C1c1ccc(C)cc1. The molecule has 2 aromatic carbocycles. The molecule has 1 aliphatic rings. The lowest BCUT2D eigenvalue weighted by atomic mass is 9.72. The molecule has 2 aromatic rings. The van der Waals surface area contributed by atoms with Crippen LogP contribution in [0.4, 0.5) is 5.69 Å². The van der Waals surface area contributed by atoms with Crippen LogP contribution in [0.1, 0.15) is 29.5 Å². The molecule has 30 heavy (non-hydrogen) atoms. The maximum atomic E-state index is 12.9. The van der Waals surface area contributed by atoms with Crippen molar-refractivity contribution < 1.29 is 19.1 Å². The van der Waals surface area contributed by atoms with Crippen LogP contribution in [0.3, 0.4) is 0 Å². The van der Waals surface area contributed by atoms with Crippen molar-refractivity contribution in [2.45, 2.75) is 26.7 Å². The Hall–Kier alpha value is -3.34. The van der Waals surface area contributed by atoms with E-state index in [0.29, 0.717) is 11.3 Å². The van der Waals surface area contributed by atoms with E-state index in [4.69, 9.17) is 9.47 Å². The van der Waals surface area contributed by atoms with E-state index in [1.807, 2.05) is 75.4 Å². The molecule has 0 saturated carbocycles. The number of esters is 2. The van der Waals surface area contributed by atoms with E-state index >= 15 is 0 Å². The summed E-state index contributed by atoms with van der Waals surface area (Å²) in [6, 6.07) is 15.7. The number of nitrogens with one attached hydrogen (secondary N) is 1. The number of carbonyl (C=O) groups excluding carboxylic acids is 2. The van der Waals surface area contributed by atoms with Crippen molar-refractivity contribution >= 4 is 17.6 Å². The Morgan fingerprint density at radius 1 is 0.833 bits per heavy atom. The highest BCUT2D eigenvalue weighted by atomic mass is 16.5. The number of hydrogen-bond acceptors (Lipinski definition) is 5. The molecule has 0 spiro atoms. The lowest BCUT2D eigenvalue weighted by molar-refractivity contribution is -0.144. The minimum Gasteiger partial charge on any atom is -0.469 e. The number of allylic oxidation sites excluding steroid dienone is 1. The largest absolute Gasteiger partial charge is 0.469 e. The lowest BCUT2D eigenvalue weighted by Gasteiger charge is -2.33. The standard InChI is InChI=1S/C25H27NO4/c1-15-6-10-18(11-7-15)22-21(24(27)29-4)17(3)14-20(23(22)25(28)30-5)26-19-12-8-16(2)9-13-19/h6-14,21-22,26H,1-5H3. The van der Waals surface area contributed by atoms with Crippen molar-refractivity contribution in [1.29, 1.82) is 0 Å².